The molecule has 0 radical (unpaired) electrons. The summed E-state index contributed by atoms with van der Waals surface area (Å²) >= 11 is 0. The molecular weight excluding hydrogens is 376 g/mol. The van der Waals surface area contributed by atoms with Crippen LogP contribution in [-0.4, -0.2) is 14.2 Å². The van der Waals surface area contributed by atoms with Crippen molar-refractivity contribution in [2.75, 3.05) is 5.75 Å². The largest absolute Gasteiger partial charge is 0.223 e. The first-order valence-electron chi connectivity index (χ1n) is 10.3. The van der Waals surface area contributed by atoms with Crippen molar-refractivity contribution in [1.82, 2.24) is 0 Å². The van der Waals surface area contributed by atoms with Crippen LogP contribution in [0, 0.1) is 5.41 Å². The predicted molar refractivity (Wildman–Crippen MR) is 125 cm³/mol. The molecule has 0 bridgehead atoms. The van der Waals surface area contributed by atoms with Gasteiger partial charge in [-0.2, -0.15) is 0 Å². The molecule has 1 aliphatic rings. The van der Waals surface area contributed by atoms with Crippen molar-refractivity contribution in [2.45, 2.75) is 58.8 Å². The van der Waals surface area contributed by atoms with Crippen LogP contribution < -0.4 is 0 Å². The van der Waals surface area contributed by atoms with E-state index in [1.54, 1.807) is 30.3 Å². The maximum Gasteiger partial charge on any atom is 0.181 e. The lowest BCUT2D eigenvalue weighted by Gasteiger charge is -2.32. The summed E-state index contributed by atoms with van der Waals surface area (Å²) in [7, 11) is -3.28. The van der Waals surface area contributed by atoms with E-state index in [1.807, 2.05) is 25.1 Å². The molecule has 1 aliphatic carbocycles. The average molecular weight is 411 g/mol. The van der Waals surface area contributed by atoms with E-state index >= 15 is 0 Å². The van der Waals surface area contributed by atoms with Crippen LogP contribution >= 0.6 is 0 Å². The molecule has 0 atom stereocenters. The molecular formula is C26H34O2S. The first-order chi connectivity index (χ1) is 13.6. The summed E-state index contributed by atoms with van der Waals surface area (Å²) < 4.78 is 24.7. The molecule has 0 fully saturated rings. The molecule has 29 heavy (non-hydrogen) atoms. The van der Waals surface area contributed by atoms with Crippen LogP contribution in [0.1, 0.15) is 53.9 Å². The fourth-order valence-corrected chi connectivity index (χ4v) is 4.91. The fraction of sp³-hybridized carbons (Fsp3) is 0.385. The van der Waals surface area contributed by atoms with Crippen LogP contribution in [0.15, 0.2) is 94.0 Å². The van der Waals surface area contributed by atoms with Gasteiger partial charge in [-0.25, -0.2) is 8.42 Å². The molecule has 0 aliphatic heterocycles. The van der Waals surface area contributed by atoms with Gasteiger partial charge in [0.05, 0.1) is 10.6 Å². The topological polar surface area (TPSA) is 34.1 Å². The van der Waals surface area contributed by atoms with Gasteiger partial charge in [0.25, 0.3) is 0 Å². The van der Waals surface area contributed by atoms with Gasteiger partial charge in [-0.15, -0.1) is 0 Å². The lowest BCUT2D eigenvalue weighted by Crippen LogP contribution is -2.19. The second-order valence-electron chi connectivity index (χ2n) is 8.58. The van der Waals surface area contributed by atoms with Crippen molar-refractivity contribution in [2.24, 2.45) is 5.41 Å². The molecule has 156 valence electrons. The summed E-state index contributed by atoms with van der Waals surface area (Å²) in [5.74, 6) is 0.0122. The van der Waals surface area contributed by atoms with Crippen molar-refractivity contribution in [3.05, 3.63) is 89.1 Å². The molecule has 0 unspecified atom stereocenters. The third kappa shape index (κ3) is 7.01. The standard InChI is InChI=1S/C26H34O2S/c1-21(16-17-25-23(3)13-10-19-26(25,4)5)11-9-12-22(2)18-20-29(27,28)24-14-7-6-8-15-24/h6-9,11-12,14-18H,10,13,19-20H2,1-5H3. The summed E-state index contributed by atoms with van der Waals surface area (Å²) in [5, 5.41) is 0. The number of rotatable bonds is 7. The minimum Gasteiger partial charge on any atom is -0.223 e. The van der Waals surface area contributed by atoms with Crippen molar-refractivity contribution in [1.29, 1.82) is 0 Å². The van der Waals surface area contributed by atoms with Gasteiger partial charge in [0.15, 0.2) is 9.84 Å². The van der Waals surface area contributed by atoms with E-state index in [1.165, 1.54) is 36.0 Å². The molecule has 0 saturated carbocycles. The van der Waals surface area contributed by atoms with Crippen molar-refractivity contribution in [3.8, 4) is 0 Å². The van der Waals surface area contributed by atoms with Crippen LogP contribution in [0.4, 0.5) is 0 Å². The smallest absolute Gasteiger partial charge is 0.181 e. The Kier molecular flexibility index (Phi) is 8.04. The lowest BCUT2D eigenvalue weighted by atomic mass is 9.72. The molecule has 1 aromatic carbocycles. The Hall–Kier alpha value is -2.13. The Bertz CT molecular complexity index is 953. The number of hydrogen-bond acceptors (Lipinski definition) is 2. The first kappa shape index (κ1) is 23.2. The highest BCUT2D eigenvalue weighted by molar-refractivity contribution is 7.91. The zero-order valence-corrected chi connectivity index (χ0v) is 19.2. The summed E-state index contributed by atoms with van der Waals surface area (Å²) in [5.41, 5.74) is 5.32. The quantitative estimate of drug-likeness (QED) is 0.454. The van der Waals surface area contributed by atoms with Crippen molar-refractivity contribution in [3.63, 3.8) is 0 Å². The summed E-state index contributed by atoms with van der Waals surface area (Å²) in [4.78, 5) is 0.365. The Labute approximate surface area is 177 Å². The van der Waals surface area contributed by atoms with Gasteiger partial charge in [0.2, 0.25) is 0 Å². The minimum atomic E-state index is -3.28. The molecule has 0 spiro atoms. The molecule has 1 aromatic rings. The highest BCUT2D eigenvalue weighted by Crippen LogP contribution is 2.40. The molecule has 0 aromatic heterocycles. The zero-order valence-electron chi connectivity index (χ0n) is 18.4. The van der Waals surface area contributed by atoms with Crippen molar-refractivity contribution < 1.29 is 8.42 Å². The highest BCUT2D eigenvalue weighted by Gasteiger charge is 2.26. The SMILES string of the molecule is CC(C=CC1=C(C)CCCC1(C)C)=CC=CC(C)=CCS(=O)(=O)c1ccccc1. The van der Waals surface area contributed by atoms with E-state index in [9.17, 15) is 8.42 Å². The summed E-state index contributed by atoms with van der Waals surface area (Å²) in [6.45, 7) is 10.9. The fourth-order valence-electron chi connectivity index (χ4n) is 3.67. The number of hydrogen-bond donors (Lipinski definition) is 0. The molecule has 2 rings (SSSR count). The Balaban J connectivity index is 2.00. The third-order valence-corrected chi connectivity index (χ3v) is 7.10. The van der Waals surface area contributed by atoms with E-state index in [4.69, 9.17) is 0 Å². The molecule has 2 nitrogen and oxygen atoms in total. The van der Waals surface area contributed by atoms with Crippen LogP contribution in [-0.2, 0) is 9.84 Å². The van der Waals surface area contributed by atoms with Crippen LogP contribution in [0.5, 0.6) is 0 Å². The first-order valence-corrected chi connectivity index (χ1v) is 11.9. The van der Waals surface area contributed by atoms with Crippen molar-refractivity contribution >= 4 is 9.84 Å². The van der Waals surface area contributed by atoms with E-state index in [2.05, 4.69) is 45.9 Å². The molecule has 0 amide bonds. The van der Waals surface area contributed by atoms with E-state index in [-0.39, 0.29) is 11.2 Å². The number of benzene rings is 1. The van der Waals surface area contributed by atoms with E-state index in [0.29, 0.717) is 4.90 Å². The minimum absolute atomic E-state index is 0.0122. The second kappa shape index (κ2) is 10.1. The van der Waals surface area contributed by atoms with Crippen LogP contribution in [0.2, 0.25) is 0 Å². The highest BCUT2D eigenvalue weighted by atomic mass is 32.2. The van der Waals surface area contributed by atoms with Gasteiger partial charge in [0, 0.05) is 0 Å². The Morgan fingerprint density at radius 3 is 2.41 bits per heavy atom. The lowest BCUT2D eigenvalue weighted by molar-refractivity contribution is 0.377. The molecule has 0 heterocycles. The normalized spacial score (nSPS) is 18.8. The van der Waals surface area contributed by atoms with Gasteiger partial charge >= 0.3 is 0 Å². The van der Waals surface area contributed by atoms with Gasteiger partial charge in [-0.1, -0.05) is 85.2 Å². The van der Waals surface area contributed by atoms with Crippen LogP contribution in [0.25, 0.3) is 0 Å². The third-order valence-electron chi connectivity index (χ3n) is 5.50. The zero-order chi connectivity index (χ0) is 21.5. The van der Waals surface area contributed by atoms with E-state index in [0.717, 1.165) is 5.57 Å². The monoisotopic (exact) mass is 410 g/mol. The predicted octanol–water partition coefficient (Wildman–Crippen LogP) is 6.99. The van der Waals surface area contributed by atoms with Gasteiger partial charge in [0.1, 0.15) is 0 Å². The Morgan fingerprint density at radius 2 is 1.76 bits per heavy atom. The second-order valence-corrected chi connectivity index (χ2v) is 10.6. The van der Waals surface area contributed by atoms with Crippen LogP contribution in [0.3, 0.4) is 0 Å². The maximum atomic E-state index is 12.3. The molecule has 0 saturated heterocycles. The number of sulfone groups is 1. The summed E-state index contributed by atoms with van der Waals surface area (Å²) in [6, 6.07) is 8.58. The average Bonchev–Trinajstić information content (AvgIpc) is 2.66. The molecule has 3 heteroatoms. The molecule has 0 N–H and O–H groups in total. The van der Waals surface area contributed by atoms with E-state index < -0.39 is 9.84 Å². The van der Waals surface area contributed by atoms with Gasteiger partial charge in [-0.05, 0) is 63.2 Å². The summed E-state index contributed by atoms with van der Waals surface area (Å²) in [6.07, 6.45) is 15.9. The Morgan fingerprint density at radius 1 is 1.07 bits per heavy atom. The number of allylic oxidation sites excluding steroid dienone is 9. The van der Waals surface area contributed by atoms with Gasteiger partial charge < -0.3 is 0 Å². The maximum absolute atomic E-state index is 12.3. The van der Waals surface area contributed by atoms with Gasteiger partial charge in [-0.3, -0.25) is 0 Å².